The molecule has 0 aliphatic carbocycles. The van der Waals surface area contributed by atoms with Crippen LogP contribution in [-0.4, -0.2) is 9.78 Å². The van der Waals surface area contributed by atoms with Gasteiger partial charge in [-0.15, -0.1) is 0 Å². The maximum Gasteiger partial charge on any atom is 0.0645 e. The minimum absolute atomic E-state index is 0.197. The van der Waals surface area contributed by atoms with Crippen molar-refractivity contribution in [2.75, 3.05) is 0 Å². The van der Waals surface area contributed by atoms with E-state index >= 15 is 0 Å². The van der Waals surface area contributed by atoms with Gasteiger partial charge in [-0.3, -0.25) is 0 Å². The minimum atomic E-state index is -0.197. The second-order valence-corrected chi connectivity index (χ2v) is 5.80. The fourth-order valence-corrected chi connectivity index (χ4v) is 2.82. The van der Waals surface area contributed by atoms with Crippen LogP contribution in [0.2, 0.25) is 0 Å². The van der Waals surface area contributed by atoms with Crippen molar-refractivity contribution in [2.45, 2.75) is 13.0 Å². The van der Waals surface area contributed by atoms with E-state index in [9.17, 15) is 0 Å². The number of hydrogen-bond donors (Lipinski definition) is 1. The Morgan fingerprint density at radius 3 is 2.62 bits per heavy atom. The molecule has 106 valence electrons. The molecule has 2 aromatic carbocycles. The summed E-state index contributed by atoms with van der Waals surface area (Å²) in [5.41, 5.74) is 10.7. The first-order valence-electron chi connectivity index (χ1n) is 6.77. The summed E-state index contributed by atoms with van der Waals surface area (Å²) in [6, 6.07) is 15.9. The fraction of sp³-hybridized carbons (Fsp3) is 0.118. The van der Waals surface area contributed by atoms with Crippen LogP contribution in [0.25, 0.3) is 5.69 Å². The van der Waals surface area contributed by atoms with Crippen molar-refractivity contribution >= 4 is 15.9 Å². The van der Waals surface area contributed by atoms with Gasteiger partial charge in [-0.2, -0.15) is 5.10 Å². The predicted octanol–water partition coefficient (Wildman–Crippen LogP) is 3.99. The first-order valence-corrected chi connectivity index (χ1v) is 7.56. The summed E-state index contributed by atoms with van der Waals surface area (Å²) in [4.78, 5) is 0. The molecule has 0 saturated carbocycles. The Hall–Kier alpha value is -1.91. The number of hydrogen-bond acceptors (Lipinski definition) is 2. The smallest absolute Gasteiger partial charge is 0.0645 e. The number of para-hydroxylation sites is 1. The highest BCUT2D eigenvalue weighted by atomic mass is 79.9. The highest BCUT2D eigenvalue weighted by Gasteiger charge is 2.15. The molecule has 4 heteroatoms. The molecule has 3 nitrogen and oxygen atoms in total. The van der Waals surface area contributed by atoms with Crippen LogP contribution in [-0.2, 0) is 0 Å². The summed E-state index contributed by atoms with van der Waals surface area (Å²) >= 11 is 3.62. The number of nitrogens with zero attached hydrogens (tertiary/aromatic N) is 2. The number of rotatable bonds is 3. The summed E-state index contributed by atoms with van der Waals surface area (Å²) < 4.78 is 2.91. The maximum absolute atomic E-state index is 6.39. The second kappa shape index (κ2) is 5.84. The number of nitrogens with two attached hydrogens (primary N) is 1. The summed E-state index contributed by atoms with van der Waals surface area (Å²) in [6.07, 6.45) is 3.81. The summed E-state index contributed by atoms with van der Waals surface area (Å²) in [6.45, 7) is 2.06. The highest BCUT2D eigenvalue weighted by Crippen LogP contribution is 2.29. The van der Waals surface area contributed by atoms with Crippen molar-refractivity contribution < 1.29 is 0 Å². The second-order valence-electron chi connectivity index (χ2n) is 5.01. The number of halogens is 1. The Morgan fingerprint density at radius 1 is 1.10 bits per heavy atom. The first kappa shape index (κ1) is 14.0. The molecule has 1 unspecified atom stereocenters. The Kier molecular flexibility index (Phi) is 3.90. The van der Waals surface area contributed by atoms with Crippen LogP contribution < -0.4 is 5.73 Å². The van der Waals surface area contributed by atoms with E-state index in [-0.39, 0.29) is 6.04 Å². The summed E-state index contributed by atoms with van der Waals surface area (Å²) in [7, 11) is 0. The van der Waals surface area contributed by atoms with E-state index in [0.717, 1.165) is 21.3 Å². The molecular formula is C17H16BrN3. The van der Waals surface area contributed by atoms with E-state index in [1.165, 1.54) is 5.56 Å². The maximum atomic E-state index is 6.39. The molecule has 3 aromatic rings. The van der Waals surface area contributed by atoms with Crippen molar-refractivity contribution in [2.24, 2.45) is 5.73 Å². The fourth-order valence-electron chi connectivity index (χ4n) is 2.31. The Balaban J connectivity index is 1.95. The van der Waals surface area contributed by atoms with E-state index in [1.807, 2.05) is 59.5 Å². The largest absolute Gasteiger partial charge is 0.320 e. The van der Waals surface area contributed by atoms with Gasteiger partial charge in [0.2, 0.25) is 0 Å². The van der Waals surface area contributed by atoms with E-state index in [0.29, 0.717) is 0 Å². The zero-order valence-electron chi connectivity index (χ0n) is 11.7. The molecule has 1 atom stereocenters. The zero-order chi connectivity index (χ0) is 14.8. The van der Waals surface area contributed by atoms with E-state index < -0.39 is 0 Å². The molecule has 0 fully saturated rings. The third-order valence-electron chi connectivity index (χ3n) is 3.54. The monoisotopic (exact) mass is 341 g/mol. The molecule has 3 rings (SSSR count). The molecule has 2 N–H and O–H groups in total. The molecule has 21 heavy (non-hydrogen) atoms. The van der Waals surface area contributed by atoms with Crippen molar-refractivity contribution in [1.29, 1.82) is 0 Å². The van der Waals surface area contributed by atoms with Crippen LogP contribution in [0.5, 0.6) is 0 Å². The van der Waals surface area contributed by atoms with Gasteiger partial charge in [0.05, 0.1) is 17.9 Å². The van der Waals surface area contributed by atoms with Crippen LogP contribution in [0.1, 0.15) is 22.7 Å². The molecule has 0 aliphatic rings. The average molecular weight is 342 g/mol. The van der Waals surface area contributed by atoms with Gasteiger partial charge in [0, 0.05) is 16.2 Å². The third kappa shape index (κ3) is 2.77. The summed E-state index contributed by atoms with van der Waals surface area (Å²) in [5, 5.41) is 4.41. The lowest BCUT2D eigenvalue weighted by atomic mass is 10.0. The Bertz CT molecular complexity index is 750. The minimum Gasteiger partial charge on any atom is -0.320 e. The van der Waals surface area contributed by atoms with Crippen LogP contribution in [0.3, 0.4) is 0 Å². The Morgan fingerprint density at radius 2 is 1.86 bits per heavy atom. The molecule has 0 spiro atoms. The molecule has 1 aromatic heterocycles. The molecule has 1 heterocycles. The van der Waals surface area contributed by atoms with Gasteiger partial charge >= 0.3 is 0 Å². The molecule has 0 saturated heterocycles. The molecular weight excluding hydrogens is 326 g/mol. The quantitative estimate of drug-likeness (QED) is 0.782. The number of aryl methyl sites for hydroxylation is 1. The number of aromatic nitrogens is 2. The van der Waals surface area contributed by atoms with Crippen LogP contribution >= 0.6 is 15.9 Å². The zero-order valence-corrected chi connectivity index (χ0v) is 13.3. The van der Waals surface area contributed by atoms with Gasteiger partial charge in [0.15, 0.2) is 0 Å². The highest BCUT2D eigenvalue weighted by molar-refractivity contribution is 9.10. The molecule has 0 aliphatic heterocycles. The normalized spacial score (nSPS) is 12.3. The number of benzene rings is 2. The lowest BCUT2D eigenvalue weighted by Crippen LogP contribution is -2.12. The van der Waals surface area contributed by atoms with Crippen molar-refractivity contribution in [1.82, 2.24) is 9.78 Å². The van der Waals surface area contributed by atoms with Gasteiger partial charge in [-0.1, -0.05) is 52.3 Å². The molecule has 0 amide bonds. The van der Waals surface area contributed by atoms with Gasteiger partial charge in [-0.05, 0) is 30.2 Å². The van der Waals surface area contributed by atoms with Crippen LogP contribution in [0.15, 0.2) is 65.4 Å². The lowest BCUT2D eigenvalue weighted by molar-refractivity contribution is 0.856. The standard InChI is InChI=1S/C17H16BrN3/c1-12-6-5-9-15(16(12)18)17(19)13-10-20-21(11-13)14-7-3-2-4-8-14/h2-11,17H,19H2,1H3. The van der Waals surface area contributed by atoms with Crippen molar-refractivity contribution in [3.05, 3.63) is 82.1 Å². The molecule has 0 bridgehead atoms. The van der Waals surface area contributed by atoms with Gasteiger partial charge < -0.3 is 5.73 Å². The Labute approximate surface area is 132 Å². The van der Waals surface area contributed by atoms with Gasteiger partial charge in [-0.25, -0.2) is 4.68 Å². The predicted molar refractivity (Wildman–Crippen MR) is 88.5 cm³/mol. The summed E-state index contributed by atoms with van der Waals surface area (Å²) in [5.74, 6) is 0. The van der Waals surface area contributed by atoms with Gasteiger partial charge in [0.1, 0.15) is 0 Å². The SMILES string of the molecule is Cc1cccc(C(N)c2cnn(-c3ccccc3)c2)c1Br. The topological polar surface area (TPSA) is 43.8 Å². The third-order valence-corrected chi connectivity index (χ3v) is 4.62. The van der Waals surface area contributed by atoms with E-state index in [2.05, 4.69) is 34.0 Å². The van der Waals surface area contributed by atoms with Gasteiger partial charge in [0.25, 0.3) is 0 Å². The lowest BCUT2D eigenvalue weighted by Gasteiger charge is -2.13. The van der Waals surface area contributed by atoms with Crippen LogP contribution in [0.4, 0.5) is 0 Å². The average Bonchev–Trinajstić information content (AvgIpc) is 3.00. The first-order chi connectivity index (χ1) is 10.2. The van der Waals surface area contributed by atoms with E-state index in [1.54, 1.807) is 0 Å². The molecule has 0 radical (unpaired) electrons. The van der Waals surface area contributed by atoms with E-state index in [4.69, 9.17) is 5.73 Å². The van der Waals surface area contributed by atoms with Crippen LogP contribution in [0, 0.1) is 6.92 Å². The van der Waals surface area contributed by atoms with Crippen molar-refractivity contribution in [3.63, 3.8) is 0 Å². The van der Waals surface area contributed by atoms with Crippen molar-refractivity contribution in [3.8, 4) is 5.69 Å².